The van der Waals surface area contributed by atoms with E-state index in [-0.39, 0.29) is 11.5 Å². The molecule has 1 aromatic rings. The first-order valence-corrected chi connectivity index (χ1v) is 5.66. The molecule has 17 heavy (non-hydrogen) atoms. The van der Waals surface area contributed by atoms with Gasteiger partial charge in [0.1, 0.15) is 17.2 Å². The van der Waals surface area contributed by atoms with Crippen molar-refractivity contribution in [3.05, 3.63) is 29.6 Å². The van der Waals surface area contributed by atoms with Crippen molar-refractivity contribution in [2.45, 2.75) is 12.0 Å². The number of amides is 1. The Labute approximate surface area is 98.1 Å². The van der Waals surface area contributed by atoms with Crippen LogP contribution in [0.1, 0.15) is 16.8 Å². The largest absolute Gasteiger partial charge is 0.483 e. The number of carbonyl (C=O) groups excluding carboxylic acids is 1. The van der Waals surface area contributed by atoms with E-state index in [1.54, 1.807) is 0 Å². The summed E-state index contributed by atoms with van der Waals surface area (Å²) < 4.78 is 19.0. The molecule has 1 amide bonds. The van der Waals surface area contributed by atoms with E-state index in [0.29, 0.717) is 18.8 Å². The lowest BCUT2D eigenvalue weighted by Gasteiger charge is -2.27. The van der Waals surface area contributed by atoms with Gasteiger partial charge >= 0.3 is 0 Å². The predicted molar refractivity (Wildman–Crippen MR) is 59.6 cm³/mol. The summed E-state index contributed by atoms with van der Waals surface area (Å²) in [7, 11) is 0. The summed E-state index contributed by atoms with van der Waals surface area (Å²) in [6.07, 6.45) is 0.837. The van der Waals surface area contributed by atoms with E-state index in [4.69, 9.17) is 4.74 Å². The van der Waals surface area contributed by atoms with Crippen LogP contribution in [0.5, 0.6) is 5.75 Å². The molecular formula is C12H13FN2O2. The molecule has 1 aromatic carbocycles. The van der Waals surface area contributed by atoms with Crippen molar-refractivity contribution in [3.63, 3.8) is 0 Å². The molecule has 90 valence electrons. The minimum atomic E-state index is -0.428. The molecule has 0 bridgehead atoms. The maximum atomic E-state index is 13.1. The topological polar surface area (TPSA) is 50.4 Å². The third-order valence-electron chi connectivity index (χ3n) is 3.29. The highest BCUT2D eigenvalue weighted by molar-refractivity contribution is 5.97. The van der Waals surface area contributed by atoms with E-state index in [1.807, 2.05) is 0 Å². The van der Waals surface area contributed by atoms with Gasteiger partial charge in [0.2, 0.25) is 0 Å². The average Bonchev–Trinajstić information content (AvgIpc) is 2.72. The molecule has 2 heterocycles. The van der Waals surface area contributed by atoms with Gasteiger partial charge in [0.05, 0.1) is 12.1 Å². The molecule has 0 saturated carbocycles. The van der Waals surface area contributed by atoms with Gasteiger partial charge in [-0.2, -0.15) is 0 Å². The fourth-order valence-electron chi connectivity index (χ4n) is 2.33. The molecule has 2 aliphatic rings. The summed E-state index contributed by atoms with van der Waals surface area (Å²) in [5.41, 5.74) is -0.118. The Bertz CT molecular complexity index is 470. The molecule has 5 heteroatoms. The smallest absolute Gasteiger partial charge is 0.255 e. The lowest BCUT2D eigenvalue weighted by Crippen LogP contribution is -2.46. The number of benzene rings is 1. The summed E-state index contributed by atoms with van der Waals surface area (Å²) >= 11 is 0. The highest BCUT2D eigenvalue weighted by Crippen LogP contribution is 2.29. The molecule has 2 N–H and O–H groups in total. The fraction of sp³-hybridized carbons (Fsp3) is 0.417. The first-order valence-electron chi connectivity index (χ1n) is 5.66. The molecule has 1 unspecified atom stereocenters. The minimum absolute atomic E-state index is 0.272. The summed E-state index contributed by atoms with van der Waals surface area (Å²) in [5.74, 6) is -0.239. The summed E-state index contributed by atoms with van der Waals surface area (Å²) in [6, 6.07) is 4.05. The Morgan fingerprint density at radius 2 is 2.24 bits per heavy atom. The lowest BCUT2D eigenvalue weighted by atomic mass is 10.0. The molecule has 0 aromatic heterocycles. The molecule has 0 radical (unpaired) electrons. The van der Waals surface area contributed by atoms with Crippen molar-refractivity contribution >= 4 is 5.91 Å². The first kappa shape index (κ1) is 10.5. The van der Waals surface area contributed by atoms with Crippen LogP contribution in [0, 0.1) is 5.82 Å². The van der Waals surface area contributed by atoms with Gasteiger partial charge in [0.15, 0.2) is 0 Å². The lowest BCUT2D eigenvalue weighted by molar-refractivity contribution is 0.0849. The van der Waals surface area contributed by atoms with Crippen LogP contribution in [0.3, 0.4) is 0 Å². The third kappa shape index (κ3) is 1.76. The zero-order valence-electron chi connectivity index (χ0n) is 9.25. The summed E-state index contributed by atoms with van der Waals surface area (Å²) in [4.78, 5) is 11.8. The van der Waals surface area contributed by atoms with Crippen LogP contribution in [-0.2, 0) is 0 Å². The number of hydrogen-bond donors (Lipinski definition) is 2. The molecule has 1 fully saturated rings. The zero-order chi connectivity index (χ0) is 11.9. The van der Waals surface area contributed by atoms with Gasteiger partial charge in [-0.3, -0.25) is 4.79 Å². The standard InChI is InChI=1S/C12H13FN2O2/c13-8-1-2-10-9(5-8)11(16)15-7-12(17-10)3-4-14-6-12/h1-2,5,14H,3-4,6-7H2,(H,15,16). The van der Waals surface area contributed by atoms with E-state index in [9.17, 15) is 9.18 Å². The van der Waals surface area contributed by atoms with Crippen LogP contribution in [0.25, 0.3) is 0 Å². The number of carbonyl (C=O) groups is 1. The van der Waals surface area contributed by atoms with Crippen LogP contribution in [0.2, 0.25) is 0 Å². The van der Waals surface area contributed by atoms with Gasteiger partial charge in [0.25, 0.3) is 5.91 Å². The van der Waals surface area contributed by atoms with E-state index in [1.165, 1.54) is 18.2 Å². The minimum Gasteiger partial charge on any atom is -0.483 e. The Kier molecular flexibility index (Phi) is 2.29. The second kappa shape index (κ2) is 3.70. The van der Waals surface area contributed by atoms with Crippen molar-refractivity contribution in [2.24, 2.45) is 0 Å². The van der Waals surface area contributed by atoms with Crippen LogP contribution in [0.15, 0.2) is 18.2 Å². The Morgan fingerprint density at radius 3 is 3.00 bits per heavy atom. The monoisotopic (exact) mass is 236 g/mol. The zero-order valence-corrected chi connectivity index (χ0v) is 9.25. The maximum Gasteiger partial charge on any atom is 0.255 e. The van der Waals surface area contributed by atoms with Gasteiger partial charge in [-0.05, 0) is 24.7 Å². The van der Waals surface area contributed by atoms with Crippen LogP contribution in [0.4, 0.5) is 4.39 Å². The van der Waals surface area contributed by atoms with E-state index in [0.717, 1.165) is 13.0 Å². The number of fused-ring (bicyclic) bond motifs is 1. The van der Waals surface area contributed by atoms with Gasteiger partial charge in [-0.15, -0.1) is 0 Å². The number of nitrogens with one attached hydrogen (secondary N) is 2. The van der Waals surface area contributed by atoms with Crippen molar-refractivity contribution in [1.82, 2.24) is 10.6 Å². The normalized spacial score (nSPS) is 27.2. The summed E-state index contributed by atoms with van der Waals surface area (Å²) in [6.45, 7) is 2.02. The van der Waals surface area contributed by atoms with Gasteiger partial charge in [-0.1, -0.05) is 0 Å². The van der Waals surface area contributed by atoms with Crippen LogP contribution >= 0.6 is 0 Å². The second-order valence-electron chi connectivity index (χ2n) is 4.54. The van der Waals surface area contributed by atoms with Crippen LogP contribution in [-0.4, -0.2) is 31.1 Å². The highest BCUT2D eigenvalue weighted by atomic mass is 19.1. The SMILES string of the molecule is O=C1NCC2(CCNC2)Oc2ccc(F)cc21. The second-order valence-corrected chi connectivity index (χ2v) is 4.54. The van der Waals surface area contributed by atoms with Crippen molar-refractivity contribution in [3.8, 4) is 5.75 Å². The van der Waals surface area contributed by atoms with Crippen molar-refractivity contribution < 1.29 is 13.9 Å². The molecule has 2 aliphatic heterocycles. The predicted octanol–water partition coefficient (Wildman–Crippen LogP) is 0.680. The summed E-state index contributed by atoms with van der Waals surface area (Å²) in [5, 5.41) is 6.01. The maximum absolute atomic E-state index is 13.1. The highest BCUT2D eigenvalue weighted by Gasteiger charge is 2.39. The van der Waals surface area contributed by atoms with Gasteiger partial charge in [-0.25, -0.2) is 4.39 Å². The quantitative estimate of drug-likeness (QED) is 0.696. The fourth-order valence-corrected chi connectivity index (χ4v) is 2.33. The van der Waals surface area contributed by atoms with Crippen LogP contribution < -0.4 is 15.4 Å². The molecule has 0 aliphatic carbocycles. The van der Waals surface area contributed by atoms with Gasteiger partial charge < -0.3 is 15.4 Å². The molecular weight excluding hydrogens is 223 g/mol. The Morgan fingerprint density at radius 1 is 1.35 bits per heavy atom. The Balaban J connectivity index is 2.02. The van der Waals surface area contributed by atoms with Gasteiger partial charge in [0, 0.05) is 13.0 Å². The van der Waals surface area contributed by atoms with E-state index >= 15 is 0 Å². The third-order valence-corrected chi connectivity index (χ3v) is 3.29. The number of ether oxygens (including phenoxy) is 1. The molecule has 1 saturated heterocycles. The van der Waals surface area contributed by atoms with E-state index < -0.39 is 11.4 Å². The van der Waals surface area contributed by atoms with E-state index in [2.05, 4.69) is 10.6 Å². The average molecular weight is 236 g/mol. The number of halogens is 1. The molecule has 1 atom stereocenters. The first-order chi connectivity index (χ1) is 8.19. The molecule has 1 spiro atoms. The molecule has 4 nitrogen and oxygen atoms in total. The molecule has 3 rings (SSSR count). The number of hydrogen-bond acceptors (Lipinski definition) is 3. The van der Waals surface area contributed by atoms with Crippen molar-refractivity contribution in [2.75, 3.05) is 19.6 Å². The Hall–Kier alpha value is -1.62. The van der Waals surface area contributed by atoms with Crippen molar-refractivity contribution in [1.29, 1.82) is 0 Å². The number of rotatable bonds is 0.